The van der Waals surface area contributed by atoms with Crippen LogP contribution in [0.2, 0.25) is 0 Å². The molecule has 2 aromatic rings. The van der Waals surface area contributed by atoms with E-state index in [9.17, 15) is 8.42 Å². The number of nitrogens with two attached hydrogens (primary N) is 1. The van der Waals surface area contributed by atoms with Crippen molar-refractivity contribution in [3.8, 4) is 0 Å². The summed E-state index contributed by atoms with van der Waals surface area (Å²) in [5.41, 5.74) is 6.44. The molecule has 6 heteroatoms. The van der Waals surface area contributed by atoms with Crippen LogP contribution in [0.1, 0.15) is 5.56 Å². The third kappa shape index (κ3) is 3.10. The number of pyridine rings is 1. The molecule has 100 valence electrons. The molecule has 0 unspecified atom stereocenters. The van der Waals surface area contributed by atoms with E-state index in [0.29, 0.717) is 6.54 Å². The highest BCUT2D eigenvalue weighted by molar-refractivity contribution is 7.89. The van der Waals surface area contributed by atoms with Gasteiger partial charge in [0.2, 0.25) is 10.0 Å². The zero-order chi connectivity index (χ0) is 13.9. The molecule has 0 spiro atoms. The molecule has 2 N–H and O–H groups in total. The Morgan fingerprint density at radius 2 is 1.89 bits per heavy atom. The van der Waals surface area contributed by atoms with Gasteiger partial charge >= 0.3 is 0 Å². The van der Waals surface area contributed by atoms with Crippen LogP contribution in [0, 0.1) is 0 Å². The van der Waals surface area contributed by atoms with Gasteiger partial charge in [-0.3, -0.25) is 0 Å². The molecule has 0 radical (unpaired) electrons. The van der Waals surface area contributed by atoms with Gasteiger partial charge in [-0.05, 0) is 11.6 Å². The Bertz CT molecular complexity index is 657. The monoisotopic (exact) mass is 277 g/mol. The minimum absolute atomic E-state index is 0.151. The number of nitrogens with zero attached hydrogens (tertiary/aromatic N) is 2. The van der Waals surface area contributed by atoms with Gasteiger partial charge in [0.05, 0.1) is 4.90 Å². The van der Waals surface area contributed by atoms with Gasteiger partial charge < -0.3 is 5.73 Å². The molecule has 0 amide bonds. The van der Waals surface area contributed by atoms with Crippen molar-refractivity contribution in [1.29, 1.82) is 0 Å². The highest BCUT2D eigenvalue weighted by atomic mass is 32.2. The van der Waals surface area contributed by atoms with Crippen molar-refractivity contribution in [2.24, 2.45) is 0 Å². The van der Waals surface area contributed by atoms with Crippen LogP contribution in [0.5, 0.6) is 0 Å². The molecule has 19 heavy (non-hydrogen) atoms. The molecule has 0 bridgehead atoms. The first-order valence-electron chi connectivity index (χ1n) is 5.72. The number of anilines is 1. The summed E-state index contributed by atoms with van der Waals surface area (Å²) in [5, 5.41) is 0. The largest absolute Gasteiger partial charge is 0.384 e. The van der Waals surface area contributed by atoms with Crippen molar-refractivity contribution in [3.05, 3.63) is 54.2 Å². The third-order valence-electron chi connectivity index (χ3n) is 2.71. The molecular formula is C13H15N3O2S. The number of sulfonamides is 1. The molecule has 5 nitrogen and oxygen atoms in total. The van der Waals surface area contributed by atoms with Crippen LogP contribution in [0.4, 0.5) is 5.82 Å². The van der Waals surface area contributed by atoms with Gasteiger partial charge in [-0.1, -0.05) is 30.3 Å². The van der Waals surface area contributed by atoms with E-state index >= 15 is 0 Å². The van der Waals surface area contributed by atoms with Crippen molar-refractivity contribution in [2.45, 2.75) is 11.4 Å². The van der Waals surface area contributed by atoms with Crippen LogP contribution < -0.4 is 5.73 Å². The maximum Gasteiger partial charge on any atom is 0.243 e. The molecule has 0 fully saturated rings. The average molecular weight is 277 g/mol. The second-order valence-electron chi connectivity index (χ2n) is 4.16. The number of aromatic nitrogens is 1. The van der Waals surface area contributed by atoms with E-state index in [-0.39, 0.29) is 10.7 Å². The van der Waals surface area contributed by atoms with Crippen molar-refractivity contribution < 1.29 is 8.42 Å². The van der Waals surface area contributed by atoms with Crippen molar-refractivity contribution in [2.75, 3.05) is 12.8 Å². The molecule has 0 aliphatic heterocycles. The fourth-order valence-electron chi connectivity index (χ4n) is 1.69. The van der Waals surface area contributed by atoms with Gasteiger partial charge in [0, 0.05) is 25.9 Å². The molecule has 1 heterocycles. The molecule has 0 aliphatic rings. The van der Waals surface area contributed by atoms with Gasteiger partial charge in [-0.25, -0.2) is 13.4 Å². The zero-order valence-corrected chi connectivity index (χ0v) is 11.3. The molecule has 0 saturated carbocycles. The van der Waals surface area contributed by atoms with E-state index in [0.717, 1.165) is 5.56 Å². The summed E-state index contributed by atoms with van der Waals surface area (Å²) >= 11 is 0. The Hall–Kier alpha value is -1.92. The second-order valence-corrected chi connectivity index (χ2v) is 6.21. The first-order valence-corrected chi connectivity index (χ1v) is 7.16. The number of hydrogen-bond acceptors (Lipinski definition) is 4. The van der Waals surface area contributed by atoms with Crippen LogP contribution in [0.15, 0.2) is 53.6 Å². The van der Waals surface area contributed by atoms with Gasteiger partial charge in [0.15, 0.2) is 0 Å². The number of rotatable bonds is 4. The van der Waals surface area contributed by atoms with Gasteiger partial charge in [-0.15, -0.1) is 0 Å². The maximum atomic E-state index is 12.3. The lowest BCUT2D eigenvalue weighted by atomic mass is 10.2. The van der Waals surface area contributed by atoms with E-state index in [4.69, 9.17) is 5.73 Å². The van der Waals surface area contributed by atoms with Crippen LogP contribution in [0.25, 0.3) is 0 Å². The van der Waals surface area contributed by atoms with E-state index in [1.54, 1.807) is 7.05 Å². The van der Waals surface area contributed by atoms with Crippen LogP contribution in [0.3, 0.4) is 0 Å². The molecule has 1 aromatic heterocycles. The topological polar surface area (TPSA) is 76.3 Å². The SMILES string of the molecule is CN(Cc1ccccc1)S(=O)(=O)c1ccnc(N)c1. The highest BCUT2D eigenvalue weighted by Crippen LogP contribution is 2.17. The smallest absolute Gasteiger partial charge is 0.243 e. The van der Waals surface area contributed by atoms with E-state index in [1.165, 1.54) is 22.6 Å². The lowest BCUT2D eigenvalue weighted by molar-refractivity contribution is 0.466. The van der Waals surface area contributed by atoms with Gasteiger partial charge in [0.1, 0.15) is 5.82 Å². The standard InChI is InChI=1S/C13H15N3O2S/c1-16(10-11-5-3-2-4-6-11)19(17,18)12-7-8-15-13(14)9-12/h2-9H,10H2,1H3,(H2,14,15). The molecule has 0 saturated heterocycles. The fourth-order valence-corrected chi connectivity index (χ4v) is 2.88. The molecule has 0 aliphatic carbocycles. The minimum atomic E-state index is -3.55. The normalized spacial score (nSPS) is 11.7. The predicted molar refractivity (Wildman–Crippen MR) is 73.7 cm³/mol. The number of hydrogen-bond donors (Lipinski definition) is 1. The summed E-state index contributed by atoms with van der Waals surface area (Å²) in [5.74, 6) is 0.189. The Balaban J connectivity index is 2.25. The number of benzene rings is 1. The van der Waals surface area contributed by atoms with Gasteiger partial charge in [-0.2, -0.15) is 4.31 Å². The first-order chi connectivity index (χ1) is 9.00. The molecule has 1 aromatic carbocycles. The predicted octanol–water partition coefficient (Wildman–Crippen LogP) is 1.48. The summed E-state index contributed by atoms with van der Waals surface area (Å²) in [6.07, 6.45) is 1.39. The molecule has 0 atom stereocenters. The van der Waals surface area contributed by atoms with Crippen LogP contribution in [-0.2, 0) is 16.6 Å². The second kappa shape index (κ2) is 5.38. The Morgan fingerprint density at radius 1 is 1.21 bits per heavy atom. The Morgan fingerprint density at radius 3 is 2.53 bits per heavy atom. The Kier molecular flexibility index (Phi) is 3.82. The first kappa shape index (κ1) is 13.5. The van der Waals surface area contributed by atoms with Gasteiger partial charge in [0.25, 0.3) is 0 Å². The summed E-state index contributed by atoms with van der Waals surface area (Å²) in [6.45, 7) is 0.311. The van der Waals surface area contributed by atoms with Crippen molar-refractivity contribution in [1.82, 2.24) is 9.29 Å². The van der Waals surface area contributed by atoms with E-state index < -0.39 is 10.0 Å². The summed E-state index contributed by atoms with van der Waals surface area (Å²) in [6, 6.07) is 12.2. The van der Waals surface area contributed by atoms with Crippen molar-refractivity contribution in [3.63, 3.8) is 0 Å². The number of nitrogen functional groups attached to an aromatic ring is 1. The van der Waals surface area contributed by atoms with Crippen LogP contribution in [-0.4, -0.2) is 24.8 Å². The van der Waals surface area contributed by atoms with Crippen LogP contribution >= 0.6 is 0 Å². The highest BCUT2D eigenvalue weighted by Gasteiger charge is 2.21. The molecular weight excluding hydrogens is 262 g/mol. The summed E-state index contributed by atoms with van der Waals surface area (Å²) in [4.78, 5) is 3.94. The lowest BCUT2D eigenvalue weighted by Gasteiger charge is -2.17. The lowest BCUT2D eigenvalue weighted by Crippen LogP contribution is -2.26. The maximum absolute atomic E-state index is 12.3. The minimum Gasteiger partial charge on any atom is -0.384 e. The van der Waals surface area contributed by atoms with Crippen molar-refractivity contribution >= 4 is 15.8 Å². The zero-order valence-electron chi connectivity index (χ0n) is 10.5. The molecule has 2 rings (SSSR count). The Labute approximate surface area is 112 Å². The fraction of sp³-hybridized carbons (Fsp3) is 0.154. The summed E-state index contributed by atoms with van der Waals surface area (Å²) < 4.78 is 26.0. The summed E-state index contributed by atoms with van der Waals surface area (Å²) in [7, 11) is -2.01. The quantitative estimate of drug-likeness (QED) is 0.918. The van der Waals surface area contributed by atoms with E-state index in [2.05, 4.69) is 4.98 Å². The third-order valence-corrected chi connectivity index (χ3v) is 4.51. The average Bonchev–Trinajstić information content (AvgIpc) is 2.40. The van der Waals surface area contributed by atoms with E-state index in [1.807, 2.05) is 30.3 Å².